The van der Waals surface area contributed by atoms with Gasteiger partial charge in [-0.15, -0.1) is 0 Å². The van der Waals surface area contributed by atoms with Crippen LogP contribution in [0.5, 0.6) is 11.5 Å². The van der Waals surface area contributed by atoms with Gasteiger partial charge >= 0.3 is 0 Å². The highest BCUT2D eigenvalue weighted by Gasteiger charge is 2.20. The maximum absolute atomic E-state index is 12.1. The van der Waals surface area contributed by atoms with E-state index in [9.17, 15) is 4.79 Å². The van der Waals surface area contributed by atoms with Gasteiger partial charge in [-0.2, -0.15) is 0 Å². The summed E-state index contributed by atoms with van der Waals surface area (Å²) in [5.41, 5.74) is 0.932. The molecule has 1 amide bonds. The number of benzene rings is 2. The fourth-order valence-electron chi connectivity index (χ4n) is 2.40. The largest absolute Gasteiger partial charge is 0.457 e. The Morgan fingerprint density at radius 3 is 2.74 bits per heavy atom. The van der Waals surface area contributed by atoms with Crippen LogP contribution in [0.2, 0.25) is 0 Å². The van der Waals surface area contributed by atoms with Gasteiger partial charge < -0.3 is 20.1 Å². The Labute approximate surface area is 135 Å². The third-order valence-corrected chi connectivity index (χ3v) is 3.63. The number of morpholine rings is 1. The summed E-state index contributed by atoms with van der Waals surface area (Å²) in [6, 6.07) is 17.0. The highest BCUT2D eigenvalue weighted by atomic mass is 16.5. The summed E-state index contributed by atoms with van der Waals surface area (Å²) in [6.45, 7) is 2.18. The van der Waals surface area contributed by atoms with Crippen LogP contribution in [-0.2, 0) is 16.1 Å². The topological polar surface area (TPSA) is 59.6 Å². The minimum absolute atomic E-state index is 0.0563. The Bertz CT molecular complexity index is 640. The van der Waals surface area contributed by atoms with Gasteiger partial charge in [0, 0.05) is 18.7 Å². The van der Waals surface area contributed by atoms with Gasteiger partial charge in [0.05, 0.1) is 13.2 Å². The Kier molecular flexibility index (Phi) is 5.24. The van der Waals surface area contributed by atoms with Crippen molar-refractivity contribution in [1.82, 2.24) is 10.6 Å². The van der Waals surface area contributed by atoms with Crippen LogP contribution in [0.15, 0.2) is 54.6 Å². The molecule has 0 bridgehead atoms. The molecule has 1 saturated heterocycles. The minimum Gasteiger partial charge on any atom is -0.457 e. The Morgan fingerprint density at radius 2 is 1.96 bits per heavy atom. The van der Waals surface area contributed by atoms with Crippen molar-refractivity contribution in [3.05, 3.63) is 60.2 Å². The van der Waals surface area contributed by atoms with Crippen LogP contribution in [0.4, 0.5) is 0 Å². The molecule has 0 saturated carbocycles. The van der Waals surface area contributed by atoms with E-state index in [-0.39, 0.29) is 11.9 Å². The lowest BCUT2D eigenvalue weighted by Crippen LogP contribution is -2.51. The van der Waals surface area contributed by atoms with E-state index >= 15 is 0 Å². The van der Waals surface area contributed by atoms with E-state index in [1.165, 1.54) is 0 Å². The smallest absolute Gasteiger partial charge is 0.239 e. The molecule has 0 radical (unpaired) electrons. The fourth-order valence-corrected chi connectivity index (χ4v) is 2.40. The summed E-state index contributed by atoms with van der Waals surface area (Å²) >= 11 is 0. The standard InChI is InChI=1S/C18H20N2O3/c21-18(16-13-22-11-10-19-16)20-12-14-6-4-5-9-17(14)23-15-7-2-1-3-8-15/h1-9,16,19H,10-13H2,(H,20,21)/t16-/m1/s1. The van der Waals surface area contributed by atoms with Crippen molar-refractivity contribution in [3.63, 3.8) is 0 Å². The lowest BCUT2D eigenvalue weighted by Gasteiger charge is -2.23. The quantitative estimate of drug-likeness (QED) is 0.887. The summed E-state index contributed by atoms with van der Waals surface area (Å²) in [6.07, 6.45) is 0. The van der Waals surface area contributed by atoms with Gasteiger partial charge in [-0.25, -0.2) is 0 Å². The number of carbonyl (C=O) groups excluding carboxylic acids is 1. The first kappa shape index (κ1) is 15.5. The molecule has 0 aromatic heterocycles. The first-order chi connectivity index (χ1) is 11.3. The average molecular weight is 312 g/mol. The molecule has 5 nitrogen and oxygen atoms in total. The molecule has 23 heavy (non-hydrogen) atoms. The number of hydrogen-bond donors (Lipinski definition) is 2. The zero-order chi connectivity index (χ0) is 15.9. The summed E-state index contributed by atoms with van der Waals surface area (Å²) in [5.74, 6) is 1.46. The zero-order valence-corrected chi connectivity index (χ0v) is 12.8. The molecule has 0 unspecified atom stereocenters. The van der Waals surface area contributed by atoms with E-state index in [0.717, 1.165) is 17.1 Å². The molecule has 120 valence electrons. The highest BCUT2D eigenvalue weighted by Crippen LogP contribution is 2.24. The van der Waals surface area contributed by atoms with Crippen LogP contribution < -0.4 is 15.4 Å². The van der Waals surface area contributed by atoms with Gasteiger partial charge in [0.2, 0.25) is 5.91 Å². The molecule has 1 aliphatic heterocycles. The number of ether oxygens (including phenoxy) is 2. The van der Waals surface area contributed by atoms with Crippen LogP contribution in [0.25, 0.3) is 0 Å². The van der Waals surface area contributed by atoms with Gasteiger partial charge in [0.15, 0.2) is 0 Å². The maximum Gasteiger partial charge on any atom is 0.239 e. The third kappa shape index (κ3) is 4.31. The van der Waals surface area contributed by atoms with Crippen LogP contribution >= 0.6 is 0 Å². The molecule has 2 N–H and O–H groups in total. The molecule has 0 aliphatic carbocycles. The molecule has 1 aliphatic rings. The number of amides is 1. The SMILES string of the molecule is O=C(NCc1ccccc1Oc1ccccc1)[C@H]1COCCN1. The molecular formula is C18H20N2O3. The van der Waals surface area contributed by atoms with E-state index < -0.39 is 0 Å². The van der Waals surface area contributed by atoms with Crippen molar-refractivity contribution in [2.75, 3.05) is 19.8 Å². The Hall–Kier alpha value is -2.37. The second kappa shape index (κ2) is 7.76. The predicted molar refractivity (Wildman–Crippen MR) is 87.4 cm³/mol. The number of nitrogens with one attached hydrogen (secondary N) is 2. The zero-order valence-electron chi connectivity index (χ0n) is 12.8. The lowest BCUT2D eigenvalue weighted by atomic mass is 10.2. The van der Waals surface area contributed by atoms with E-state index in [2.05, 4.69) is 10.6 Å². The molecule has 0 spiro atoms. The molecule has 2 aromatic rings. The van der Waals surface area contributed by atoms with Crippen molar-refractivity contribution in [2.45, 2.75) is 12.6 Å². The van der Waals surface area contributed by atoms with E-state index in [0.29, 0.717) is 26.3 Å². The second-order valence-electron chi connectivity index (χ2n) is 5.32. The normalized spacial score (nSPS) is 17.5. The fraction of sp³-hybridized carbons (Fsp3) is 0.278. The van der Waals surface area contributed by atoms with E-state index in [1.54, 1.807) is 0 Å². The van der Waals surface area contributed by atoms with Crippen LogP contribution in [0.1, 0.15) is 5.56 Å². The number of rotatable bonds is 5. The Balaban J connectivity index is 1.62. The summed E-state index contributed by atoms with van der Waals surface area (Å²) in [4.78, 5) is 12.1. The average Bonchev–Trinajstić information content (AvgIpc) is 2.62. The number of hydrogen-bond acceptors (Lipinski definition) is 4. The van der Waals surface area contributed by atoms with Gasteiger partial charge in [-0.1, -0.05) is 36.4 Å². The van der Waals surface area contributed by atoms with E-state index in [4.69, 9.17) is 9.47 Å². The second-order valence-corrected chi connectivity index (χ2v) is 5.32. The molecular weight excluding hydrogens is 292 g/mol. The van der Waals surface area contributed by atoms with Crippen LogP contribution in [0, 0.1) is 0 Å². The van der Waals surface area contributed by atoms with Crippen LogP contribution in [0.3, 0.4) is 0 Å². The minimum atomic E-state index is -0.286. The van der Waals surface area contributed by atoms with Crippen molar-refractivity contribution in [2.24, 2.45) is 0 Å². The van der Waals surface area contributed by atoms with Gasteiger partial charge in [0.25, 0.3) is 0 Å². The van der Waals surface area contributed by atoms with Crippen molar-refractivity contribution in [1.29, 1.82) is 0 Å². The summed E-state index contributed by atoms with van der Waals surface area (Å²) in [5, 5.41) is 6.07. The van der Waals surface area contributed by atoms with Crippen LogP contribution in [-0.4, -0.2) is 31.7 Å². The lowest BCUT2D eigenvalue weighted by molar-refractivity contribution is -0.126. The number of carbonyl (C=O) groups is 1. The predicted octanol–water partition coefficient (Wildman–Crippen LogP) is 2.08. The van der Waals surface area contributed by atoms with Crippen molar-refractivity contribution >= 4 is 5.91 Å². The molecule has 3 rings (SSSR count). The Morgan fingerprint density at radius 1 is 1.17 bits per heavy atom. The molecule has 1 atom stereocenters. The molecule has 1 heterocycles. The molecule has 5 heteroatoms. The van der Waals surface area contributed by atoms with Gasteiger partial charge in [-0.05, 0) is 18.2 Å². The van der Waals surface area contributed by atoms with E-state index in [1.807, 2.05) is 54.6 Å². The summed E-state index contributed by atoms with van der Waals surface area (Å²) < 4.78 is 11.2. The highest BCUT2D eigenvalue weighted by molar-refractivity contribution is 5.82. The first-order valence-corrected chi connectivity index (χ1v) is 7.72. The van der Waals surface area contributed by atoms with Gasteiger partial charge in [-0.3, -0.25) is 4.79 Å². The molecule has 2 aromatic carbocycles. The molecule has 1 fully saturated rings. The maximum atomic E-state index is 12.1. The third-order valence-electron chi connectivity index (χ3n) is 3.63. The monoisotopic (exact) mass is 312 g/mol. The first-order valence-electron chi connectivity index (χ1n) is 7.72. The van der Waals surface area contributed by atoms with Gasteiger partial charge in [0.1, 0.15) is 17.5 Å². The van der Waals surface area contributed by atoms with Crippen molar-refractivity contribution < 1.29 is 14.3 Å². The number of para-hydroxylation sites is 2. The van der Waals surface area contributed by atoms with Crippen molar-refractivity contribution in [3.8, 4) is 11.5 Å². The summed E-state index contributed by atoms with van der Waals surface area (Å²) in [7, 11) is 0.